The van der Waals surface area contributed by atoms with Gasteiger partial charge in [-0.05, 0) is 25.2 Å². The molecule has 1 fully saturated rings. The highest BCUT2D eigenvalue weighted by molar-refractivity contribution is 5.25. The van der Waals surface area contributed by atoms with Crippen molar-refractivity contribution in [2.75, 3.05) is 0 Å². The minimum atomic E-state index is -0.506. The van der Waals surface area contributed by atoms with E-state index in [2.05, 4.69) is 39.8 Å². The van der Waals surface area contributed by atoms with Crippen LogP contribution in [0, 0.1) is 16.7 Å². The molecule has 0 saturated heterocycles. The maximum absolute atomic E-state index is 11.2. The summed E-state index contributed by atoms with van der Waals surface area (Å²) in [4.78, 5) is 0. The molecule has 2 bridgehead atoms. The van der Waals surface area contributed by atoms with Crippen molar-refractivity contribution in [2.45, 2.75) is 65.4 Å². The fourth-order valence-electron chi connectivity index (χ4n) is 3.99. The van der Waals surface area contributed by atoms with Crippen LogP contribution in [0.25, 0.3) is 0 Å². The van der Waals surface area contributed by atoms with Gasteiger partial charge in [-0.2, -0.15) is 0 Å². The number of hydrogen-bond acceptors (Lipinski definition) is 1. The first-order chi connectivity index (χ1) is 7.37. The molecule has 0 aliphatic heterocycles. The fourth-order valence-corrected chi connectivity index (χ4v) is 3.99. The Bertz CT molecular complexity index is 305. The van der Waals surface area contributed by atoms with Gasteiger partial charge in [0.05, 0.1) is 5.60 Å². The normalized spacial score (nSPS) is 44.9. The topological polar surface area (TPSA) is 20.2 Å². The molecule has 3 atom stereocenters. The van der Waals surface area contributed by atoms with Gasteiger partial charge in [0.2, 0.25) is 0 Å². The van der Waals surface area contributed by atoms with Crippen molar-refractivity contribution in [3.8, 4) is 0 Å². The molecule has 0 radical (unpaired) electrons. The zero-order valence-electron chi connectivity index (χ0n) is 11.2. The van der Waals surface area contributed by atoms with Gasteiger partial charge in [-0.1, -0.05) is 52.7 Å². The molecule has 92 valence electrons. The van der Waals surface area contributed by atoms with Gasteiger partial charge in [-0.3, -0.25) is 0 Å². The smallest absolute Gasteiger partial charge is 0.0791 e. The van der Waals surface area contributed by atoms with E-state index in [1.54, 1.807) is 0 Å². The second kappa shape index (κ2) is 3.60. The van der Waals surface area contributed by atoms with Crippen molar-refractivity contribution in [3.05, 3.63) is 12.2 Å². The summed E-state index contributed by atoms with van der Waals surface area (Å²) >= 11 is 0. The second-order valence-corrected chi connectivity index (χ2v) is 6.61. The van der Waals surface area contributed by atoms with Crippen LogP contribution in [-0.4, -0.2) is 10.7 Å². The predicted molar refractivity (Wildman–Crippen MR) is 68.2 cm³/mol. The van der Waals surface area contributed by atoms with E-state index in [0.29, 0.717) is 5.92 Å². The van der Waals surface area contributed by atoms with E-state index in [9.17, 15) is 5.11 Å². The SMILES string of the molecule is CCCCC1(O)C2(C)C=CC(CC2)C1(C)C. The highest BCUT2D eigenvalue weighted by atomic mass is 16.3. The third-order valence-electron chi connectivity index (χ3n) is 5.50. The Morgan fingerprint density at radius 2 is 2.00 bits per heavy atom. The molecule has 16 heavy (non-hydrogen) atoms. The molecule has 1 heteroatoms. The highest BCUT2D eigenvalue weighted by Crippen LogP contribution is 2.62. The van der Waals surface area contributed by atoms with Gasteiger partial charge in [-0.25, -0.2) is 0 Å². The first-order valence-corrected chi connectivity index (χ1v) is 6.79. The summed E-state index contributed by atoms with van der Waals surface area (Å²) in [5, 5.41) is 11.2. The van der Waals surface area contributed by atoms with E-state index in [1.807, 2.05) is 0 Å². The predicted octanol–water partition coefficient (Wildman–Crippen LogP) is 3.92. The summed E-state index contributed by atoms with van der Waals surface area (Å²) in [6.07, 6.45) is 10.3. The number of allylic oxidation sites excluding steroid dienone is 1. The molecule has 1 nitrogen and oxygen atoms in total. The molecular formula is C15H26O. The largest absolute Gasteiger partial charge is 0.388 e. The third kappa shape index (κ3) is 1.33. The first kappa shape index (κ1) is 12.2. The summed E-state index contributed by atoms with van der Waals surface area (Å²) < 4.78 is 0. The lowest BCUT2D eigenvalue weighted by molar-refractivity contribution is -0.194. The van der Waals surface area contributed by atoms with Crippen molar-refractivity contribution in [2.24, 2.45) is 16.7 Å². The monoisotopic (exact) mass is 222 g/mol. The molecule has 0 aromatic rings. The first-order valence-electron chi connectivity index (χ1n) is 6.79. The molecule has 0 amide bonds. The molecule has 3 rings (SSSR count). The lowest BCUT2D eigenvalue weighted by atomic mass is 9.45. The Balaban J connectivity index is 2.38. The molecular weight excluding hydrogens is 196 g/mol. The molecule has 0 spiro atoms. The molecule has 0 aromatic carbocycles. The van der Waals surface area contributed by atoms with Gasteiger partial charge in [0.25, 0.3) is 0 Å². The van der Waals surface area contributed by atoms with Gasteiger partial charge in [0.1, 0.15) is 0 Å². The molecule has 1 saturated carbocycles. The van der Waals surface area contributed by atoms with Crippen molar-refractivity contribution in [1.29, 1.82) is 0 Å². The number of rotatable bonds is 3. The second-order valence-electron chi connectivity index (χ2n) is 6.61. The molecule has 0 heterocycles. The Morgan fingerprint density at radius 1 is 1.31 bits per heavy atom. The van der Waals surface area contributed by atoms with Crippen LogP contribution in [0.15, 0.2) is 12.2 Å². The zero-order valence-corrected chi connectivity index (χ0v) is 11.2. The molecule has 3 unspecified atom stereocenters. The van der Waals surface area contributed by atoms with Crippen molar-refractivity contribution < 1.29 is 5.11 Å². The number of hydrogen-bond donors (Lipinski definition) is 1. The van der Waals surface area contributed by atoms with Crippen molar-refractivity contribution >= 4 is 0 Å². The molecule has 1 N–H and O–H groups in total. The van der Waals surface area contributed by atoms with Crippen LogP contribution in [0.1, 0.15) is 59.8 Å². The van der Waals surface area contributed by atoms with Crippen molar-refractivity contribution in [1.82, 2.24) is 0 Å². The van der Waals surface area contributed by atoms with E-state index in [-0.39, 0.29) is 10.8 Å². The zero-order chi connectivity index (χ0) is 12.0. The van der Waals surface area contributed by atoms with Crippen LogP contribution >= 0.6 is 0 Å². The van der Waals surface area contributed by atoms with Crippen molar-refractivity contribution in [3.63, 3.8) is 0 Å². The quantitative estimate of drug-likeness (QED) is 0.718. The number of aliphatic hydroxyl groups is 1. The summed E-state index contributed by atoms with van der Waals surface area (Å²) in [6.45, 7) is 8.97. The lowest BCUT2D eigenvalue weighted by Crippen LogP contribution is -2.63. The van der Waals surface area contributed by atoms with Crippen LogP contribution in [0.3, 0.4) is 0 Å². The highest BCUT2D eigenvalue weighted by Gasteiger charge is 2.61. The number of unbranched alkanes of at least 4 members (excludes halogenated alkanes) is 1. The van der Waals surface area contributed by atoms with Gasteiger partial charge in [0.15, 0.2) is 0 Å². The summed E-state index contributed by atoms with van der Waals surface area (Å²) in [6, 6.07) is 0. The lowest BCUT2D eigenvalue weighted by Gasteiger charge is -2.62. The Morgan fingerprint density at radius 3 is 2.44 bits per heavy atom. The minimum absolute atomic E-state index is 0.000417. The van der Waals surface area contributed by atoms with Crippen LogP contribution in [0.5, 0.6) is 0 Å². The Labute approximate surface area is 99.9 Å². The maximum atomic E-state index is 11.2. The molecule has 3 aliphatic rings. The van der Waals surface area contributed by atoms with E-state index in [4.69, 9.17) is 0 Å². The minimum Gasteiger partial charge on any atom is -0.388 e. The molecule has 3 aliphatic carbocycles. The summed E-state index contributed by atoms with van der Waals surface area (Å²) in [5.41, 5.74) is -0.474. The van der Waals surface area contributed by atoms with E-state index < -0.39 is 5.60 Å². The summed E-state index contributed by atoms with van der Waals surface area (Å²) in [7, 11) is 0. The van der Waals surface area contributed by atoms with Crippen LogP contribution in [0.4, 0.5) is 0 Å². The third-order valence-corrected chi connectivity index (χ3v) is 5.50. The number of fused-ring (bicyclic) bond motifs is 2. The standard InChI is InChI=1S/C15H26O/c1-5-6-9-15(16)13(2,3)12-7-10-14(15,4)11-8-12/h7,10,12,16H,5-6,8-9,11H2,1-4H3. The van der Waals surface area contributed by atoms with Crippen LogP contribution in [-0.2, 0) is 0 Å². The Hall–Kier alpha value is -0.300. The van der Waals surface area contributed by atoms with E-state index >= 15 is 0 Å². The van der Waals surface area contributed by atoms with Gasteiger partial charge < -0.3 is 5.11 Å². The van der Waals surface area contributed by atoms with Gasteiger partial charge in [0, 0.05) is 10.8 Å². The average Bonchev–Trinajstić information content (AvgIpc) is 2.24. The Kier molecular flexibility index (Phi) is 2.73. The van der Waals surface area contributed by atoms with Crippen LogP contribution in [0.2, 0.25) is 0 Å². The van der Waals surface area contributed by atoms with Gasteiger partial charge >= 0.3 is 0 Å². The summed E-state index contributed by atoms with van der Waals surface area (Å²) in [5.74, 6) is 0.566. The van der Waals surface area contributed by atoms with Gasteiger partial charge in [-0.15, -0.1) is 0 Å². The van der Waals surface area contributed by atoms with Crippen LogP contribution < -0.4 is 0 Å². The maximum Gasteiger partial charge on any atom is 0.0791 e. The average molecular weight is 222 g/mol. The van der Waals surface area contributed by atoms with E-state index in [0.717, 1.165) is 19.3 Å². The van der Waals surface area contributed by atoms with E-state index in [1.165, 1.54) is 12.8 Å². The molecule has 0 aromatic heterocycles. The fraction of sp³-hybridized carbons (Fsp3) is 0.867.